The largest absolute Gasteiger partial charge is 0.522 e. The predicted molar refractivity (Wildman–Crippen MR) is 220 cm³/mol. The summed E-state index contributed by atoms with van der Waals surface area (Å²) in [6, 6.07) is 48.4. The Kier molecular flexibility index (Phi) is 10.5. The topological polar surface area (TPSA) is 122 Å². The fourth-order valence-corrected chi connectivity index (χ4v) is 46.0. The summed E-state index contributed by atoms with van der Waals surface area (Å²) in [4.78, 5) is 0. The van der Waals surface area contributed by atoms with Crippen LogP contribution in [-0.2, 0) is 45.6 Å². The molecule has 0 saturated carbocycles. The summed E-state index contributed by atoms with van der Waals surface area (Å²) >= 11 is 0. The maximum Gasteiger partial charge on any atom is 0.522 e. The third-order valence-corrected chi connectivity index (χ3v) is 39.7. The molecule has 7 unspecified atom stereocenters. The van der Waals surface area contributed by atoms with Gasteiger partial charge in [0.05, 0.1) is 6.23 Å². The Hall–Kier alpha value is -2.64. The lowest BCUT2D eigenvalue weighted by Crippen LogP contribution is -2.87. The van der Waals surface area contributed by atoms with Crippen LogP contribution < -0.4 is 25.9 Å². The van der Waals surface area contributed by atoms with E-state index in [-0.39, 0.29) is 18.9 Å². The van der Waals surface area contributed by atoms with Crippen LogP contribution >= 0.6 is 0 Å². The van der Waals surface area contributed by atoms with Gasteiger partial charge in [0.25, 0.3) is 10.0 Å². The van der Waals surface area contributed by atoms with E-state index in [0.29, 0.717) is 32.4 Å². The molecule has 7 atom stereocenters. The minimum absolute atomic E-state index is 0.128. The SMILES string of the molecule is C[SiH]1CO[Si]2(c3ccccc3)O[Si]3(CCCO)O[SiH2]O[Si]4(c5ccccc5)O[Si](c5ccccc5)(O1)O[Si](c1ccccc1)(O2)O[Si](c1ccccc1)(O3)O4. The van der Waals surface area contributed by atoms with E-state index in [4.69, 9.17) is 45.6 Å². The molecule has 4 saturated heterocycles. The van der Waals surface area contributed by atoms with Crippen LogP contribution in [0, 0.1) is 0 Å². The Balaban J connectivity index is 1.42. The standard InChI is InChI=1S/C35H40O12Si8/c1-49-30-37-51(31-18-7-2-8-19-31)41-50(29-17-28-36)38-48-39-52(32-20-9-3-10-21-32)44-53(40-49,33-22-11-4-12-23-33)46-55(43-51,35-26-15-6-16-27-35)47-54(42-50,45-52)34-24-13-5-14-25-34/h2-16,18-27,36,49H,17,28-30,48H2,1H3. The van der Waals surface area contributed by atoms with Crippen LogP contribution in [0.3, 0.4) is 0 Å². The molecule has 1 N–H and O–H groups in total. The molecule has 20 heteroatoms. The molecular weight excluding hydrogens is 837 g/mol. The molecule has 5 aromatic carbocycles. The number of benzene rings is 5. The molecule has 9 rings (SSSR count). The molecule has 6 bridgehead atoms. The summed E-state index contributed by atoms with van der Waals surface area (Å²) in [5.41, 5.74) is 0. The number of fused-ring (bicyclic) bond motifs is 4. The monoisotopic (exact) mass is 876 g/mol. The maximum absolute atomic E-state index is 10.3. The maximum atomic E-state index is 10.3. The molecule has 0 amide bonds. The van der Waals surface area contributed by atoms with Gasteiger partial charge in [-0.15, -0.1) is 0 Å². The average Bonchev–Trinajstić information content (AvgIpc) is 3.27. The average molecular weight is 877 g/mol. The second-order valence-corrected chi connectivity index (χ2v) is 35.2. The quantitative estimate of drug-likeness (QED) is 0.221. The molecule has 0 radical (unpaired) electrons. The van der Waals surface area contributed by atoms with E-state index in [1.807, 2.05) is 152 Å². The molecule has 55 heavy (non-hydrogen) atoms. The van der Waals surface area contributed by atoms with Crippen LogP contribution in [0.5, 0.6) is 0 Å². The van der Waals surface area contributed by atoms with Crippen molar-refractivity contribution in [1.82, 2.24) is 0 Å². The summed E-state index contributed by atoms with van der Waals surface area (Å²) in [6.07, 6.45) is 0.492. The first-order chi connectivity index (χ1) is 26.8. The van der Waals surface area contributed by atoms with Crippen molar-refractivity contribution in [1.29, 1.82) is 0 Å². The molecule has 284 valence electrons. The van der Waals surface area contributed by atoms with Crippen LogP contribution in [-0.4, -0.2) is 89.8 Å². The first-order valence-corrected chi connectivity index (χ1v) is 32.4. The van der Waals surface area contributed by atoms with Gasteiger partial charge in [0.2, 0.25) is 0 Å². The third kappa shape index (κ3) is 7.03. The van der Waals surface area contributed by atoms with Gasteiger partial charge >= 0.3 is 52.8 Å². The van der Waals surface area contributed by atoms with Crippen LogP contribution in [0.2, 0.25) is 12.6 Å². The van der Waals surface area contributed by atoms with Crippen molar-refractivity contribution in [3.8, 4) is 0 Å². The highest BCUT2D eigenvalue weighted by Crippen LogP contribution is 2.42. The van der Waals surface area contributed by atoms with Crippen molar-refractivity contribution in [2.45, 2.75) is 19.0 Å². The van der Waals surface area contributed by atoms with E-state index in [9.17, 15) is 5.11 Å². The summed E-state index contributed by atoms with van der Waals surface area (Å²) in [6.45, 7) is 1.93. The van der Waals surface area contributed by atoms with Crippen LogP contribution in [0.15, 0.2) is 152 Å². The Labute approximate surface area is 330 Å². The van der Waals surface area contributed by atoms with E-state index < -0.39 is 71.9 Å². The first-order valence-electron chi connectivity index (χ1n) is 18.2. The second kappa shape index (κ2) is 15.3. The Morgan fingerprint density at radius 2 is 0.873 bits per heavy atom. The lowest BCUT2D eigenvalue weighted by Gasteiger charge is -2.55. The van der Waals surface area contributed by atoms with Crippen molar-refractivity contribution in [3.05, 3.63) is 152 Å². The fourth-order valence-electron chi connectivity index (χ4n) is 7.07. The van der Waals surface area contributed by atoms with E-state index in [1.54, 1.807) is 0 Å². The molecule has 0 spiro atoms. The van der Waals surface area contributed by atoms with Gasteiger partial charge in [0.15, 0.2) is 9.04 Å². The highest BCUT2D eigenvalue weighted by molar-refractivity contribution is 7.07. The van der Waals surface area contributed by atoms with Crippen LogP contribution in [0.1, 0.15) is 6.42 Å². The minimum Gasteiger partial charge on any atom is -0.414 e. The normalized spacial score (nSPS) is 35.1. The summed E-state index contributed by atoms with van der Waals surface area (Å²) in [5.74, 6) is 0. The van der Waals surface area contributed by atoms with Gasteiger partial charge < -0.3 is 50.7 Å². The zero-order valence-electron chi connectivity index (χ0n) is 30.0. The summed E-state index contributed by atoms with van der Waals surface area (Å²) in [5, 5.41) is 13.6. The zero-order valence-corrected chi connectivity index (χ0v) is 38.6. The highest BCUT2D eigenvalue weighted by atomic mass is 28.6. The van der Waals surface area contributed by atoms with Crippen molar-refractivity contribution in [2.75, 3.05) is 12.8 Å². The Morgan fingerprint density at radius 1 is 0.491 bits per heavy atom. The van der Waals surface area contributed by atoms with E-state index in [0.717, 1.165) is 0 Å². The van der Waals surface area contributed by atoms with Gasteiger partial charge in [0.1, 0.15) is 0 Å². The van der Waals surface area contributed by atoms with Crippen molar-refractivity contribution in [3.63, 3.8) is 0 Å². The second-order valence-electron chi connectivity index (χ2n) is 13.5. The molecule has 12 nitrogen and oxygen atoms in total. The number of aliphatic hydroxyl groups excluding tert-OH is 1. The van der Waals surface area contributed by atoms with Gasteiger partial charge in [0, 0.05) is 38.6 Å². The number of rotatable bonds is 8. The predicted octanol–water partition coefficient (Wildman–Crippen LogP) is 0.667. The molecule has 5 aromatic rings. The van der Waals surface area contributed by atoms with Gasteiger partial charge in [-0.25, -0.2) is 0 Å². The lowest BCUT2D eigenvalue weighted by molar-refractivity contribution is 0.0454. The summed E-state index contributed by atoms with van der Waals surface area (Å²) in [7, 11) is -30.0. The van der Waals surface area contributed by atoms with Crippen molar-refractivity contribution in [2.24, 2.45) is 0 Å². The van der Waals surface area contributed by atoms with Crippen molar-refractivity contribution >= 4 is 97.8 Å². The molecule has 0 aliphatic carbocycles. The van der Waals surface area contributed by atoms with Crippen LogP contribution in [0.4, 0.5) is 0 Å². The summed E-state index contributed by atoms with van der Waals surface area (Å²) < 4.78 is 82.3. The lowest BCUT2D eigenvalue weighted by atomic mass is 10.4. The molecule has 4 heterocycles. The first kappa shape index (κ1) is 37.9. The molecule has 0 aromatic heterocycles. The molecular formula is C35H40O12Si8. The van der Waals surface area contributed by atoms with Gasteiger partial charge in [-0.05, 0) is 13.0 Å². The smallest absolute Gasteiger partial charge is 0.414 e. The number of aliphatic hydroxyl groups is 1. The van der Waals surface area contributed by atoms with E-state index >= 15 is 0 Å². The van der Waals surface area contributed by atoms with Gasteiger partial charge in [-0.1, -0.05) is 152 Å². The van der Waals surface area contributed by atoms with E-state index in [2.05, 4.69) is 6.55 Å². The number of hydrogen-bond acceptors (Lipinski definition) is 12. The highest BCUT2D eigenvalue weighted by Gasteiger charge is 2.78. The third-order valence-electron chi connectivity index (χ3n) is 9.59. The molecule has 4 aliphatic rings. The van der Waals surface area contributed by atoms with Crippen molar-refractivity contribution < 1.29 is 50.7 Å². The molecule has 4 fully saturated rings. The van der Waals surface area contributed by atoms with Crippen LogP contribution in [0.25, 0.3) is 0 Å². The Bertz CT molecular complexity index is 2080. The van der Waals surface area contributed by atoms with E-state index in [1.165, 1.54) is 0 Å². The molecule has 4 aliphatic heterocycles. The fraction of sp³-hybridized carbons (Fsp3) is 0.143. The van der Waals surface area contributed by atoms with Gasteiger partial charge in [-0.2, -0.15) is 0 Å². The zero-order chi connectivity index (χ0) is 37.5. The minimum atomic E-state index is -4.49. The Morgan fingerprint density at radius 3 is 1.40 bits per heavy atom. The van der Waals surface area contributed by atoms with Gasteiger partial charge in [-0.3, -0.25) is 0 Å². The number of hydrogen-bond donors (Lipinski definition) is 1.